The topological polar surface area (TPSA) is 88.1 Å². The molecule has 0 unspecified atom stereocenters. The Morgan fingerprint density at radius 2 is 1.82 bits per heavy atom. The number of hydrogen-bond donors (Lipinski definition) is 1. The fourth-order valence-electron chi connectivity index (χ4n) is 3.39. The summed E-state index contributed by atoms with van der Waals surface area (Å²) in [7, 11) is -3.32. The minimum absolute atomic E-state index is 0.00415. The van der Waals surface area contributed by atoms with Crippen molar-refractivity contribution in [1.82, 2.24) is 19.7 Å². The first-order valence-electron chi connectivity index (χ1n) is 9.97. The van der Waals surface area contributed by atoms with Gasteiger partial charge in [-0.25, -0.2) is 18.1 Å². The van der Waals surface area contributed by atoms with Crippen molar-refractivity contribution in [3.8, 4) is 22.5 Å². The Kier molecular flexibility index (Phi) is 6.30. The SMILES string of the molecule is CCS(=O)(=O)NC1CN(c2cnc(-c3ccc(C(F)(F)F)cc3)c(-c3ccncc3Cl)n2)C1. The van der Waals surface area contributed by atoms with Gasteiger partial charge in [0.1, 0.15) is 11.5 Å². The molecule has 0 radical (unpaired) electrons. The highest BCUT2D eigenvalue weighted by Crippen LogP contribution is 2.36. The Labute approximate surface area is 193 Å². The van der Waals surface area contributed by atoms with Gasteiger partial charge in [0.15, 0.2) is 0 Å². The normalized spacial score (nSPS) is 14.9. The molecule has 2 aromatic heterocycles. The lowest BCUT2D eigenvalue weighted by Gasteiger charge is -2.40. The Morgan fingerprint density at radius 3 is 2.42 bits per heavy atom. The first kappa shape index (κ1) is 23.4. The van der Waals surface area contributed by atoms with Crippen molar-refractivity contribution in [1.29, 1.82) is 0 Å². The zero-order valence-corrected chi connectivity index (χ0v) is 18.9. The third-order valence-electron chi connectivity index (χ3n) is 5.20. The van der Waals surface area contributed by atoms with E-state index in [1.54, 1.807) is 13.0 Å². The minimum atomic E-state index is -4.45. The molecule has 3 heterocycles. The zero-order valence-electron chi connectivity index (χ0n) is 17.3. The molecule has 0 amide bonds. The van der Waals surface area contributed by atoms with E-state index in [1.807, 2.05) is 4.90 Å². The maximum absolute atomic E-state index is 13.0. The van der Waals surface area contributed by atoms with Crippen molar-refractivity contribution < 1.29 is 21.6 Å². The molecule has 1 aliphatic rings. The number of hydrogen-bond acceptors (Lipinski definition) is 6. The van der Waals surface area contributed by atoms with Crippen molar-refractivity contribution in [2.24, 2.45) is 0 Å². The van der Waals surface area contributed by atoms with Gasteiger partial charge in [-0.1, -0.05) is 23.7 Å². The molecule has 1 fully saturated rings. The van der Waals surface area contributed by atoms with E-state index in [0.29, 0.717) is 46.4 Å². The van der Waals surface area contributed by atoms with E-state index in [1.165, 1.54) is 30.7 Å². The number of pyridine rings is 1. The second-order valence-electron chi connectivity index (χ2n) is 7.48. The summed E-state index contributed by atoms with van der Waals surface area (Å²) in [5.74, 6) is 0.496. The van der Waals surface area contributed by atoms with Crippen LogP contribution in [0.3, 0.4) is 0 Å². The van der Waals surface area contributed by atoms with E-state index in [0.717, 1.165) is 12.1 Å². The molecular formula is C21H19ClF3N5O2S. The Bertz CT molecular complexity index is 1260. The van der Waals surface area contributed by atoms with Crippen LogP contribution >= 0.6 is 11.6 Å². The number of anilines is 1. The van der Waals surface area contributed by atoms with Crippen LogP contribution in [0.15, 0.2) is 48.9 Å². The van der Waals surface area contributed by atoms with E-state index in [4.69, 9.17) is 11.6 Å². The van der Waals surface area contributed by atoms with E-state index in [-0.39, 0.29) is 11.8 Å². The molecular weight excluding hydrogens is 479 g/mol. The van der Waals surface area contributed by atoms with Gasteiger partial charge in [-0.05, 0) is 25.1 Å². The zero-order chi connectivity index (χ0) is 23.8. The second kappa shape index (κ2) is 8.88. The summed E-state index contributed by atoms with van der Waals surface area (Å²) in [5.41, 5.74) is 0.962. The summed E-state index contributed by atoms with van der Waals surface area (Å²) in [4.78, 5) is 15.0. The standard InChI is InChI=1S/C21H19ClF3N5O2S/c1-2-33(31,32)29-15-11-30(12-15)18-10-27-19(13-3-5-14(6-4-13)21(23,24)25)20(28-18)16-7-8-26-9-17(16)22/h3-10,15,29H,2,11-12H2,1H3. The molecule has 12 heteroatoms. The number of benzene rings is 1. The van der Waals surface area contributed by atoms with Crippen molar-refractivity contribution in [2.45, 2.75) is 19.1 Å². The monoisotopic (exact) mass is 497 g/mol. The lowest BCUT2D eigenvalue weighted by Crippen LogP contribution is -2.59. The molecule has 1 saturated heterocycles. The van der Waals surface area contributed by atoms with Crippen molar-refractivity contribution in [3.63, 3.8) is 0 Å². The second-order valence-corrected chi connectivity index (χ2v) is 9.93. The van der Waals surface area contributed by atoms with Crippen LogP contribution in [0.2, 0.25) is 5.02 Å². The molecule has 174 valence electrons. The van der Waals surface area contributed by atoms with Gasteiger partial charge in [0.2, 0.25) is 10.0 Å². The molecule has 0 spiro atoms. The first-order valence-corrected chi connectivity index (χ1v) is 12.0. The van der Waals surface area contributed by atoms with Gasteiger partial charge >= 0.3 is 6.18 Å². The maximum Gasteiger partial charge on any atom is 0.416 e. The molecule has 1 aromatic carbocycles. The third kappa shape index (κ3) is 5.10. The smallest absolute Gasteiger partial charge is 0.352 e. The Morgan fingerprint density at radius 1 is 1.12 bits per heavy atom. The highest BCUT2D eigenvalue weighted by Gasteiger charge is 2.32. The molecule has 0 saturated carbocycles. The number of halogens is 4. The minimum Gasteiger partial charge on any atom is -0.352 e. The van der Waals surface area contributed by atoms with Crippen LogP contribution in [-0.4, -0.2) is 48.3 Å². The van der Waals surface area contributed by atoms with Crippen molar-refractivity contribution >= 4 is 27.4 Å². The summed E-state index contributed by atoms with van der Waals surface area (Å²) in [6, 6.07) is 6.07. The predicted molar refractivity (Wildman–Crippen MR) is 119 cm³/mol. The highest BCUT2D eigenvalue weighted by molar-refractivity contribution is 7.89. The quantitative estimate of drug-likeness (QED) is 0.553. The fourth-order valence-corrected chi connectivity index (χ4v) is 4.43. The number of alkyl halides is 3. The number of rotatable bonds is 6. The van der Waals surface area contributed by atoms with Gasteiger partial charge in [0.25, 0.3) is 0 Å². The third-order valence-corrected chi connectivity index (χ3v) is 6.96. The van der Waals surface area contributed by atoms with Crippen LogP contribution < -0.4 is 9.62 Å². The lowest BCUT2D eigenvalue weighted by molar-refractivity contribution is -0.137. The van der Waals surface area contributed by atoms with Crippen LogP contribution in [0.4, 0.5) is 19.0 Å². The van der Waals surface area contributed by atoms with E-state index < -0.39 is 21.8 Å². The molecule has 1 N–H and O–H groups in total. The highest BCUT2D eigenvalue weighted by atomic mass is 35.5. The summed E-state index contributed by atoms with van der Waals surface area (Å²) >= 11 is 6.33. The number of sulfonamides is 1. The number of nitrogens with zero attached hydrogens (tertiary/aromatic N) is 4. The van der Waals surface area contributed by atoms with E-state index >= 15 is 0 Å². The number of aromatic nitrogens is 3. The van der Waals surface area contributed by atoms with Gasteiger partial charge < -0.3 is 4.90 Å². The van der Waals surface area contributed by atoms with Crippen molar-refractivity contribution in [3.05, 3.63) is 59.5 Å². The first-order chi connectivity index (χ1) is 15.6. The van der Waals surface area contributed by atoms with Gasteiger partial charge in [-0.3, -0.25) is 9.97 Å². The van der Waals surface area contributed by atoms with Crippen LogP contribution in [0, 0.1) is 0 Å². The lowest BCUT2D eigenvalue weighted by atomic mass is 10.0. The summed E-state index contributed by atoms with van der Waals surface area (Å²) in [5, 5.41) is 0.314. The van der Waals surface area contributed by atoms with Crippen molar-refractivity contribution in [2.75, 3.05) is 23.7 Å². The van der Waals surface area contributed by atoms with Crippen LogP contribution in [0.5, 0.6) is 0 Å². The van der Waals surface area contributed by atoms with Crippen LogP contribution in [-0.2, 0) is 16.2 Å². The van der Waals surface area contributed by atoms with E-state index in [9.17, 15) is 21.6 Å². The maximum atomic E-state index is 13.0. The summed E-state index contributed by atoms with van der Waals surface area (Å²) < 4.78 is 65.0. The van der Waals surface area contributed by atoms with Gasteiger partial charge in [0, 0.05) is 36.6 Å². The van der Waals surface area contributed by atoms with E-state index in [2.05, 4.69) is 19.7 Å². The average molecular weight is 498 g/mol. The molecule has 0 atom stereocenters. The van der Waals surface area contributed by atoms with Gasteiger partial charge in [0.05, 0.1) is 34.3 Å². The Hall–Kier alpha value is -2.76. The molecule has 0 aliphatic carbocycles. The average Bonchev–Trinajstić information content (AvgIpc) is 2.75. The van der Waals surface area contributed by atoms with Gasteiger partial charge in [-0.15, -0.1) is 0 Å². The summed E-state index contributed by atoms with van der Waals surface area (Å²) in [6.45, 7) is 2.39. The molecule has 0 bridgehead atoms. The largest absolute Gasteiger partial charge is 0.416 e. The molecule has 33 heavy (non-hydrogen) atoms. The molecule has 4 rings (SSSR count). The Balaban J connectivity index is 1.68. The fraction of sp³-hybridized carbons (Fsp3) is 0.286. The van der Waals surface area contributed by atoms with Crippen LogP contribution in [0.1, 0.15) is 12.5 Å². The molecule has 1 aliphatic heterocycles. The van der Waals surface area contributed by atoms with Crippen LogP contribution in [0.25, 0.3) is 22.5 Å². The number of nitrogens with one attached hydrogen (secondary N) is 1. The predicted octanol–water partition coefficient (Wildman–Crippen LogP) is 4.01. The molecule has 3 aromatic rings. The van der Waals surface area contributed by atoms with Gasteiger partial charge in [-0.2, -0.15) is 13.2 Å². The summed E-state index contributed by atoms with van der Waals surface area (Å²) in [6.07, 6.45) is 0.0427. The molecule has 7 nitrogen and oxygen atoms in total.